The number of nitrogens with one attached hydrogen (secondary N) is 1. The van der Waals surface area contributed by atoms with Crippen molar-refractivity contribution in [1.29, 1.82) is 0 Å². The Labute approximate surface area is 186 Å². The molecule has 1 N–H and O–H groups in total. The van der Waals surface area contributed by atoms with Crippen LogP contribution in [-0.2, 0) is 4.74 Å². The van der Waals surface area contributed by atoms with Crippen molar-refractivity contribution in [2.45, 2.75) is 83.1 Å². The maximum absolute atomic E-state index is 13.4. The normalized spacial score (nSPS) is 29.7. The minimum Gasteiger partial charge on any atom is -0.380 e. The lowest BCUT2D eigenvalue weighted by Gasteiger charge is -2.36. The monoisotopic (exact) mass is 433 g/mol. The molecule has 5 nitrogen and oxygen atoms in total. The number of hydrogen-bond donors (Lipinski definition) is 1. The van der Waals surface area contributed by atoms with Gasteiger partial charge in [0, 0.05) is 37.5 Å². The van der Waals surface area contributed by atoms with Crippen LogP contribution in [0.1, 0.15) is 98.5 Å². The van der Waals surface area contributed by atoms with Crippen molar-refractivity contribution in [3.05, 3.63) is 22.9 Å². The van der Waals surface area contributed by atoms with Gasteiger partial charge in [0.15, 0.2) is 0 Å². The number of aromatic nitrogens is 1. The average Bonchev–Trinajstić information content (AvgIpc) is 3.20. The Kier molecular flexibility index (Phi) is 6.32. The third-order valence-corrected chi connectivity index (χ3v) is 7.69. The van der Waals surface area contributed by atoms with Crippen LogP contribution in [-0.4, -0.2) is 48.1 Å². The summed E-state index contributed by atoms with van der Waals surface area (Å²) in [5.74, 6) is 2.37. The number of amides is 1. The van der Waals surface area contributed by atoms with Crippen LogP contribution >= 0.6 is 12.4 Å². The van der Waals surface area contributed by atoms with Crippen LogP contribution in [0.3, 0.4) is 0 Å². The maximum Gasteiger partial charge on any atom is 0.255 e. The Hall–Kier alpha value is -1.33. The minimum absolute atomic E-state index is 0. The number of carbonyl (C=O) groups excluding carboxylic acids is 1. The van der Waals surface area contributed by atoms with Gasteiger partial charge < -0.3 is 15.0 Å². The van der Waals surface area contributed by atoms with E-state index in [9.17, 15) is 4.79 Å². The number of halogens is 1. The van der Waals surface area contributed by atoms with E-state index in [0.29, 0.717) is 36.4 Å². The Bertz CT molecular complexity index is 789. The van der Waals surface area contributed by atoms with E-state index in [4.69, 9.17) is 9.72 Å². The van der Waals surface area contributed by atoms with Crippen molar-refractivity contribution in [3.63, 3.8) is 0 Å². The van der Waals surface area contributed by atoms with Crippen molar-refractivity contribution in [1.82, 2.24) is 9.88 Å². The molecule has 1 aromatic rings. The summed E-state index contributed by atoms with van der Waals surface area (Å²) in [5.41, 5.74) is 3.97. The van der Waals surface area contributed by atoms with Gasteiger partial charge in [0.2, 0.25) is 0 Å². The highest BCUT2D eigenvalue weighted by atomic mass is 35.5. The van der Waals surface area contributed by atoms with Crippen LogP contribution < -0.4 is 5.32 Å². The average molecular weight is 434 g/mol. The Morgan fingerprint density at radius 1 is 1.13 bits per heavy atom. The fourth-order valence-corrected chi connectivity index (χ4v) is 6.32. The highest BCUT2D eigenvalue weighted by Crippen LogP contribution is 2.56. The molecule has 3 fully saturated rings. The summed E-state index contributed by atoms with van der Waals surface area (Å²) >= 11 is 0. The van der Waals surface area contributed by atoms with Gasteiger partial charge in [-0.3, -0.25) is 4.79 Å². The fourth-order valence-electron chi connectivity index (χ4n) is 6.32. The minimum atomic E-state index is 0. The largest absolute Gasteiger partial charge is 0.380 e. The molecule has 2 heterocycles. The quantitative estimate of drug-likeness (QED) is 0.719. The molecule has 30 heavy (non-hydrogen) atoms. The molecule has 3 aliphatic carbocycles. The molecule has 1 aliphatic heterocycles. The number of pyridine rings is 1. The Balaban J connectivity index is 0.00000218. The van der Waals surface area contributed by atoms with Crippen LogP contribution in [0.25, 0.3) is 0 Å². The lowest BCUT2D eigenvalue weighted by atomic mass is 9.75. The molecule has 6 heteroatoms. The van der Waals surface area contributed by atoms with Gasteiger partial charge in [-0.05, 0) is 67.8 Å². The van der Waals surface area contributed by atoms with Crippen molar-refractivity contribution >= 4 is 24.1 Å². The standard InChI is InChI=1S/C24H35N3O2.ClH/c1-24(2)8-3-5-18(14-24)26-22-21-17-7-6-16(13-17)20(21)19(15-25-22)23(28)27-9-4-11-29-12-10-27;/h15-18H,3-14H2,1-2H3,(H,25,26);1H. The predicted molar refractivity (Wildman–Crippen MR) is 122 cm³/mol. The van der Waals surface area contributed by atoms with Gasteiger partial charge in [0.1, 0.15) is 5.82 Å². The number of hydrogen-bond acceptors (Lipinski definition) is 4. The van der Waals surface area contributed by atoms with Crippen LogP contribution in [0.15, 0.2) is 6.20 Å². The van der Waals surface area contributed by atoms with Gasteiger partial charge in [0.25, 0.3) is 5.91 Å². The second-order valence-electron chi connectivity index (χ2n) is 10.4. The zero-order valence-corrected chi connectivity index (χ0v) is 19.2. The molecular weight excluding hydrogens is 398 g/mol. The first-order valence-electron chi connectivity index (χ1n) is 11.7. The van der Waals surface area contributed by atoms with E-state index in [1.807, 2.05) is 11.1 Å². The van der Waals surface area contributed by atoms with Crippen LogP contribution in [0.2, 0.25) is 0 Å². The summed E-state index contributed by atoms with van der Waals surface area (Å²) < 4.78 is 5.55. The maximum atomic E-state index is 13.4. The number of fused-ring (bicyclic) bond motifs is 5. The van der Waals surface area contributed by atoms with Gasteiger partial charge in [-0.15, -0.1) is 12.4 Å². The fraction of sp³-hybridized carbons (Fsp3) is 0.750. The molecule has 4 aliphatic rings. The molecule has 3 unspecified atom stereocenters. The van der Waals surface area contributed by atoms with Gasteiger partial charge in [-0.2, -0.15) is 0 Å². The van der Waals surface area contributed by atoms with Crippen molar-refractivity contribution < 1.29 is 9.53 Å². The van der Waals surface area contributed by atoms with E-state index < -0.39 is 0 Å². The number of anilines is 1. The van der Waals surface area contributed by atoms with Gasteiger partial charge in [-0.25, -0.2) is 4.98 Å². The molecule has 2 bridgehead atoms. The van der Waals surface area contributed by atoms with E-state index in [-0.39, 0.29) is 18.3 Å². The summed E-state index contributed by atoms with van der Waals surface area (Å²) in [6, 6.07) is 0.499. The van der Waals surface area contributed by atoms with Gasteiger partial charge in [0.05, 0.1) is 12.2 Å². The summed E-state index contributed by atoms with van der Waals surface area (Å²) in [7, 11) is 0. The van der Waals surface area contributed by atoms with Crippen molar-refractivity contribution in [3.8, 4) is 0 Å². The second-order valence-corrected chi connectivity index (χ2v) is 10.4. The zero-order valence-electron chi connectivity index (χ0n) is 18.4. The Morgan fingerprint density at radius 3 is 2.73 bits per heavy atom. The number of rotatable bonds is 3. The number of carbonyl (C=O) groups is 1. The molecule has 5 rings (SSSR count). The van der Waals surface area contributed by atoms with E-state index in [1.54, 1.807) is 0 Å². The molecule has 2 saturated carbocycles. The number of nitrogens with zero attached hydrogens (tertiary/aromatic N) is 2. The van der Waals surface area contributed by atoms with Crippen molar-refractivity contribution in [2.24, 2.45) is 5.41 Å². The van der Waals surface area contributed by atoms with E-state index in [1.165, 1.54) is 56.1 Å². The highest BCUT2D eigenvalue weighted by Gasteiger charge is 2.43. The van der Waals surface area contributed by atoms with Crippen LogP contribution in [0.5, 0.6) is 0 Å². The number of ether oxygens (including phenoxy) is 1. The first-order chi connectivity index (χ1) is 14.0. The first-order valence-corrected chi connectivity index (χ1v) is 11.7. The molecule has 166 valence electrons. The SMILES string of the molecule is CC1(C)CCCC(Nc2ncc(C(=O)N3CCCOCC3)c3c2C2CCC3C2)C1.Cl. The molecule has 0 radical (unpaired) electrons. The first kappa shape index (κ1) is 21.9. The summed E-state index contributed by atoms with van der Waals surface area (Å²) in [6.07, 6.45) is 11.5. The summed E-state index contributed by atoms with van der Waals surface area (Å²) in [6.45, 7) is 7.65. The van der Waals surface area contributed by atoms with Crippen LogP contribution in [0.4, 0.5) is 5.82 Å². The molecule has 1 saturated heterocycles. The van der Waals surface area contributed by atoms with Crippen LogP contribution in [0, 0.1) is 5.41 Å². The lowest BCUT2D eigenvalue weighted by Crippen LogP contribution is -2.35. The zero-order chi connectivity index (χ0) is 20.0. The molecule has 3 atom stereocenters. The summed E-state index contributed by atoms with van der Waals surface area (Å²) in [4.78, 5) is 20.2. The third kappa shape index (κ3) is 4.08. The highest BCUT2D eigenvalue weighted by molar-refractivity contribution is 5.97. The van der Waals surface area contributed by atoms with Crippen molar-refractivity contribution in [2.75, 3.05) is 31.6 Å². The molecule has 1 amide bonds. The topological polar surface area (TPSA) is 54.5 Å². The molecular formula is C24H36ClN3O2. The second kappa shape index (κ2) is 8.66. The molecule has 0 spiro atoms. The molecule has 1 aromatic heterocycles. The van der Waals surface area contributed by atoms with Gasteiger partial charge in [-0.1, -0.05) is 20.3 Å². The molecule has 0 aromatic carbocycles. The smallest absolute Gasteiger partial charge is 0.255 e. The summed E-state index contributed by atoms with van der Waals surface area (Å²) in [5, 5.41) is 3.82. The third-order valence-electron chi connectivity index (χ3n) is 7.69. The Morgan fingerprint density at radius 2 is 1.93 bits per heavy atom. The van der Waals surface area contributed by atoms with E-state index in [2.05, 4.69) is 19.2 Å². The predicted octanol–water partition coefficient (Wildman–Crippen LogP) is 5.11. The van der Waals surface area contributed by atoms with Gasteiger partial charge >= 0.3 is 0 Å². The lowest BCUT2D eigenvalue weighted by molar-refractivity contribution is 0.0739. The van der Waals surface area contributed by atoms with E-state index in [0.717, 1.165) is 31.0 Å². The van der Waals surface area contributed by atoms with E-state index >= 15 is 0 Å².